The van der Waals surface area contributed by atoms with Crippen molar-refractivity contribution in [3.63, 3.8) is 0 Å². The monoisotopic (exact) mass is 391 g/mol. The zero-order valence-corrected chi connectivity index (χ0v) is 16.5. The molecule has 0 N–H and O–H groups in total. The van der Waals surface area contributed by atoms with Crippen molar-refractivity contribution in [2.75, 3.05) is 22.9 Å². The van der Waals surface area contributed by atoms with Crippen molar-refractivity contribution in [1.82, 2.24) is 4.98 Å². The minimum Gasteiger partial charge on any atom is -0.311 e. The lowest BCUT2D eigenvalue weighted by Gasteiger charge is -2.24. The molecule has 1 aliphatic rings. The maximum Gasteiger partial charge on any atom is 0.277 e. The first-order chi connectivity index (χ1) is 13.6. The van der Waals surface area contributed by atoms with Gasteiger partial charge in [-0.1, -0.05) is 42.5 Å². The predicted octanol–water partition coefficient (Wildman–Crippen LogP) is 4.14. The smallest absolute Gasteiger partial charge is 0.277 e. The third-order valence-electron chi connectivity index (χ3n) is 4.82. The van der Waals surface area contributed by atoms with Crippen LogP contribution in [-0.4, -0.2) is 29.9 Å². The van der Waals surface area contributed by atoms with Crippen molar-refractivity contribution in [2.24, 2.45) is 0 Å². The SMILES string of the molecule is CC(=O)N1CCCN(C(=O)c2csc(Cc3ccccc3)n2)c2ccccc21. The molecule has 2 amide bonds. The molecule has 1 aliphatic heterocycles. The van der Waals surface area contributed by atoms with Crippen molar-refractivity contribution in [2.45, 2.75) is 19.8 Å². The van der Waals surface area contributed by atoms with Crippen LogP contribution in [0.2, 0.25) is 0 Å². The van der Waals surface area contributed by atoms with Gasteiger partial charge in [0.1, 0.15) is 5.69 Å². The normalized spacial score (nSPS) is 13.8. The Labute approximate surface area is 168 Å². The summed E-state index contributed by atoms with van der Waals surface area (Å²) in [5, 5.41) is 2.75. The van der Waals surface area contributed by atoms with E-state index in [1.54, 1.807) is 16.7 Å². The van der Waals surface area contributed by atoms with Gasteiger partial charge in [0, 0.05) is 31.8 Å². The Morgan fingerprint density at radius 2 is 1.61 bits per heavy atom. The zero-order chi connectivity index (χ0) is 19.5. The van der Waals surface area contributed by atoms with Crippen LogP contribution in [0.1, 0.15) is 34.4 Å². The molecule has 0 fully saturated rings. The van der Waals surface area contributed by atoms with Crippen molar-refractivity contribution < 1.29 is 9.59 Å². The number of hydrogen-bond donors (Lipinski definition) is 0. The molecule has 0 spiro atoms. The summed E-state index contributed by atoms with van der Waals surface area (Å²) in [6, 6.07) is 17.7. The Bertz CT molecular complexity index is 1000. The van der Waals surface area contributed by atoms with Crippen LogP contribution in [0.5, 0.6) is 0 Å². The number of carbonyl (C=O) groups excluding carboxylic acids is 2. The summed E-state index contributed by atoms with van der Waals surface area (Å²) < 4.78 is 0. The lowest BCUT2D eigenvalue weighted by Crippen LogP contribution is -2.31. The van der Waals surface area contributed by atoms with Crippen LogP contribution in [0, 0.1) is 0 Å². The molecule has 6 heteroatoms. The zero-order valence-electron chi connectivity index (χ0n) is 15.7. The molecule has 28 heavy (non-hydrogen) atoms. The van der Waals surface area contributed by atoms with E-state index in [9.17, 15) is 9.59 Å². The second-order valence-electron chi connectivity index (χ2n) is 6.76. The second kappa shape index (κ2) is 7.94. The Hall–Kier alpha value is -2.99. The number of carbonyl (C=O) groups is 2. The van der Waals surface area contributed by atoms with Crippen LogP contribution in [0.3, 0.4) is 0 Å². The summed E-state index contributed by atoms with van der Waals surface area (Å²) in [6.07, 6.45) is 1.44. The standard InChI is InChI=1S/C22H21N3O2S/c1-16(26)24-12-7-13-25(20-11-6-5-10-19(20)24)22(27)18-15-28-21(23-18)14-17-8-3-2-4-9-17/h2-6,8-11,15H,7,12-14H2,1H3. The second-order valence-corrected chi connectivity index (χ2v) is 7.70. The summed E-state index contributed by atoms with van der Waals surface area (Å²) in [4.78, 5) is 33.3. The molecule has 142 valence electrons. The van der Waals surface area contributed by atoms with Crippen molar-refractivity contribution in [3.8, 4) is 0 Å². The van der Waals surface area contributed by atoms with Gasteiger partial charge in [-0.3, -0.25) is 9.59 Å². The fourth-order valence-electron chi connectivity index (χ4n) is 3.49. The molecule has 0 bridgehead atoms. The van der Waals surface area contributed by atoms with Crippen LogP contribution >= 0.6 is 11.3 Å². The molecule has 0 unspecified atom stereocenters. The average Bonchev–Trinajstić information content (AvgIpc) is 3.07. The first kappa shape index (κ1) is 18.4. The minimum absolute atomic E-state index is 0.0134. The Morgan fingerprint density at radius 3 is 2.32 bits per heavy atom. The topological polar surface area (TPSA) is 53.5 Å². The Kier molecular flexibility index (Phi) is 5.21. The molecule has 0 radical (unpaired) electrons. The molecular weight excluding hydrogens is 370 g/mol. The van der Waals surface area contributed by atoms with E-state index in [-0.39, 0.29) is 11.8 Å². The molecule has 1 aromatic heterocycles. The van der Waals surface area contributed by atoms with E-state index in [1.807, 2.05) is 47.8 Å². The van der Waals surface area contributed by atoms with Gasteiger partial charge in [0.15, 0.2) is 0 Å². The van der Waals surface area contributed by atoms with Crippen LogP contribution in [0.25, 0.3) is 0 Å². The number of fused-ring (bicyclic) bond motifs is 1. The molecule has 0 saturated heterocycles. The highest BCUT2D eigenvalue weighted by atomic mass is 32.1. The number of nitrogens with zero attached hydrogens (tertiary/aromatic N) is 3. The van der Waals surface area contributed by atoms with Gasteiger partial charge in [-0.05, 0) is 24.1 Å². The molecule has 0 atom stereocenters. The van der Waals surface area contributed by atoms with Crippen LogP contribution in [0.15, 0.2) is 60.0 Å². The van der Waals surface area contributed by atoms with E-state index >= 15 is 0 Å². The van der Waals surface area contributed by atoms with Gasteiger partial charge < -0.3 is 9.80 Å². The highest BCUT2D eigenvalue weighted by Gasteiger charge is 2.28. The summed E-state index contributed by atoms with van der Waals surface area (Å²) in [5.41, 5.74) is 3.17. The number of thiazole rings is 1. The first-order valence-corrected chi connectivity index (χ1v) is 10.2. The predicted molar refractivity (Wildman–Crippen MR) is 112 cm³/mol. The first-order valence-electron chi connectivity index (χ1n) is 9.31. The number of anilines is 2. The maximum absolute atomic E-state index is 13.2. The largest absolute Gasteiger partial charge is 0.311 e. The summed E-state index contributed by atoms with van der Waals surface area (Å²) in [7, 11) is 0. The lowest BCUT2D eigenvalue weighted by molar-refractivity contribution is -0.116. The van der Waals surface area contributed by atoms with Crippen molar-refractivity contribution in [3.05, 3.63) is 76.2 Å². The molecule has 2 aromatic carbocycles. The quantitative estimate of drug-likeness (QED) is 0.674. The Balaban J connectivity index is 1.61. The van der Waals surface area contributed by atoms with Crippen LogP contribution < -0.4 is 9.80 Å². The summed E-state index contributed by atoms with van der Waals surface area (Å²) in [6.45, 7) is 2.72. The third kappa shape index (κ3) is 3.68. The highest BCUT2D eigenvalue weighted by molar-refractivity contribution is 7.09. The molecule has 3 aromatic rings. The van der Waals surface area contributed by atoms with Gasteiger partial charge in [-0.25, -0.2) is 4.98 Å². The van der Waals surface area contributed by atoms with Gasteiger partial charge in [0.05, 0.1) is 16.4 Å². The van der Waals surface area contributed by atoms with Crippen molar-refractivity contribution >= 4 is 34.5 Å². The van der Waals surface area contributed by atoms with Gasteiger partial charge in [-0.2, -0.15) is 0 Å². The summed E-state index contributed by atoms with van der Waals surface area (Å²) >= 11 is 1.51. The fraction of sp³-hybridized carbons (Fsp3) is 0.227. The van der Waals surface area contributed by atoms with E-state index in [0.29, 0.717) is 25.2 Å². The van der Waals surface area contributed by atoms with Crippen LogP contribution in [0.4, 0.5) is 11.4 Å². The molecule has 0 saturated carbocycles. The molecular formula is C22H21N3O2S. The van der Waals surface area contributed by atoms with E-state index in [1.165, 1.54) is 16.9 Å². The number of hydrogen-bond acceptors (Lipinski definition) is 4. The molecule has 0 aliphatic carbocycles. The molecule has 2 heterocycles. The Morgan fingerprint density at radius 1 is 0.964 bits per heavy atom. The van der Waals surface area contributed by atoms with Gasteiger partial charge in [-0.15, -0.1) is 11.3 Å². The minimum atomic E-state index is -0.117. The van der Waals surface area contributed by atoms with Crippen molar-refractivity contribution in [1.29, 1.82) is 0 Å². The van der Waals surface area contributed by atoms with Gasteiger partial charge >= 0.3 is 0 Å². The third-order valence-corrected chi connectivity index (χ3v) is 5.67. The number of benzene rings is 2. The van der Waals surface area contributed by atoms with Gasteiger partial charge in [0.25, 0.3) is 5.91 Å². The van der Waals surface area contributed by atoms with Gasteiger partial charge in [0.2, 0.25) is 5.91 Å². The van der Waals surface area contributed by atoms with E-state index in [0.717, 1.165) is 22.8 Å². The van der Waals surface area contributed by atoms with E-state index in [4.69, 9.17) is 0 Å². The van der Waals surface area contributed by atoms with E-state index in [2.05, 4.69) is 17.1 Å². The fourth-order valence-corrected chi connectivity index (χ4v) is 4.29. The number of para-hydroxylation sites is 2. The van der Waals surface area contributed by atoms with Crippen LogP contribution in [-0.2, 0) is 11.2 Å². The molecule has 5 nitrogen and oxygen atoms in total. The highest BCUT2D eigenvalue weighted by Crippen LogP contribution is 2.33. The summed E-state index contributed by atoms with van der Waals surface area (Å²) in [5.74, 6) is -0.131. The number of rotatable bonds is 3. The molecule has 4 rings (SSSR count). The maximum atomic E-state index is 13.2. The number of aromatic nitrogens is 1. The average molecular weight is 391 g/mol. The lowest BCUT2D eigenvalue weighted by atomic mass is 10.2. The number of amides is 2. The van der Waals surface area contributed by atoms with E-state index < -0.39 is 0 Å².